The Morgan fingerprint density at radius 2 is 1.82 bits per heavy atom. The highest BCUT2D eigenvalue weighted by Crippen LogP contribution is 2.24. The Morgan fingerprint density at radius 3 is 2.41 bits per heavy atom. The van der Waals surface area contributed by atoms with Crippen LogP contribution in [0.2, 0.25) is 0 Å². The van der Waals surface area contributed by atoms with E-state index in [2.05, 4.69) is 22.3 Å². The number of carbonyl (C=O) groups is 1. The molecule has 122 valence electrons. The number of hydrogen-bond donors (Lipinski definition) is 2. The number of carbonyl (C=O) groups excluding carboxylic acids is 1. The van der Waals surface area contributed by atoms with Gasteiger partial charge in [0, 0.05) is 24.5 Å². The minimum atomic E-state index is -0.519. The van der Waals surface area contributed by atoms with E-state index in [1.165, 1.54) is 31.4 Å². The molecule has 22 heavy (non-hydrogen) atoms. The van der Waals surface area contributed by atoms with Crippen molar-refractivity contribution in [2.24, 2.45) is 11.1 Å². The van der Waals surface area contributed by atoms with Crippen molar-refractivity contribution in [3.05, 3.63) is 24.3 Å². The molecule has 0 aliphatic carbocycles. The van der Waals surface area contributed by atoms with Gasteiger partial charge >= 0.3 is 0 Å². The Hall–Kier alpha value is -1.55. The van der Waals surface area contributed by atoms with Gasteiger partial charge in [-0.15, -0.1) is 0 Å². The largest absolute Gasteiger partial charge is 0.371 e. The standard InChI is InChI=1S/C18H29N3O/c1-18(2,3)16(19)17(22)20-14-9-8-10-15(13-14)21-11-6-4-5-7-12-21/h8-10,13,16H,4-7,11-12,19H2,1-3H3,(H,20,22)/t16-/m1/s1. The van der Waals surface area contributed by atoms with Crippen molar-refractivity contribution >= 4 is 17.3 Å². The van der Waals surface area contributed by atoms with Crippen molar-refractivity contribution in [1.82, 2.24) is 0 Å². The maximum absolute atomic E-state index is 12.3. The van der Waals surface area contributed by atoms with Crippen LogP contribution in [0.15, 0.2) is 24.3 Å². The van der Waals surface area contributed by atoms with E-state index in [1.54, 1.807) is 0 Å². The summed E-state index contributed by atoms with van der Waals surface area (Å²) in [4.78, 5) is 14.7. The summed E-state index contributed by atoms with van der Waals surface area (Å²) in [6.45, 7) is 8.12. The highest BCUT2D eigenvalue weighted by atomic mass is 16.2. The minimum absolute atomic E-state index is 0.125. The lowest BCUT2D eigenvalue weighted by Gasteiger charge is -2.26. The fourth-order valence-corrected chi connectivity index (χ4v) is 2.72. The molecule has 4 nitrogen and oxygen atoms in total. The van der Waals surface area contributed by atoms with Crippen molar-refractivity contribution < 1.29 is 4.79 Å². The number of nitrogens with one attached hydrogen (secondary N) is 1. The zero-order chi connectivity index (χ0) is 16.2. The Kier molecular flexibility index (Phi) is 5.46. The smallest absolute Gasteiger partial charge is 0.241 e. The third-order valence-electron chi connectivity index (χ3n) is 4.30. The molecule has 0 spiro atoms. The average molecular weight is 303 g/mol. The molecule has 4 heteroatoms. The van der Waals surface area contributed by atoms with Crippen LogP contribution in [0.4, 0.5) is 11.4 Å². The van der Waals surface area contributed by atoms with Gasteiger partial charge in [-0.25, -0.2) is 0 Å². The van der Waals surface area contributed by atoms with Gasteiger partial charge in [0.2, 0.25) is 5.91 Å². The van der Waals surface area contributed by atoms with Crippen LogP contribution >= 0.6 is 0 Å². The van der Waals surface area contributed by atoms with E-state index in [9.17, 15) is 4.79 Å². The highest BCUT2D eigenvalue weighted by Gasteiger charge is 2.27. The summed E-state index contributed by atoms with van der Waals surface area (Å²) in [6.07, 6.45) is 5.11. The van der Waals surface area contributed by atoms with Crippen molar-refractivity contribution in [1.29, 1.82) is 0 Å². The molecule has 1 saturated heterocycles. The van der Waals surface area contributed by atoms with E-state index in [0.717, 1.165) is 18.8 Å². The van der Waals surface area contributed by atoms with Crippen molar-refractivity contribution in [3.8, 4) is 0 Å². The van der Waals surface area contributed by atoms with Gasteiger partial charge in [-0.1, -0.05) is 39.7 Å². The maximum atomic E-state index is 12.3. The number of nitrogens with two attached hydrogens (primary N) is 1. The van der Waals surface area contributed by atoms with Gasteiger partial charge in [-0.3, -0.25) is 4.79 Å². The first-order valence-electron chi connectivity index (χ1n) is 8.29. The fourth-order valence-electron chi connectivity index (χ4n) is 2.72. The first-order chi connectivity index (χ1) is 10.4. The summed E-state index contributed by atoms with van der Waals surface area (Å²) >= 11 is 0. The Morgan fingerprint density at radius 1 is 1.18 bits per heavy atom. The van der Waals surface area contributed by atoms with Crippen LogP contribution in [0.1, 0.15) is 46.5 Å². The van der Waals surface area contributed by atoms with Gasteiger partial charge in [0.1, 0.15) is 0 Å². The number of anilines is 2. The number of benzene rings is 1. The van der Waals surface area contributed by atoms with Crippen LogP contribution in [0.5, 0.6) is 0 Å². The number of hydrogen-bond acceptors (Lipinski definition) is 3. The van der Waals surface area contributed by atoms with Crippen molar-refractivity contribution in [3.63, 3.8) is 0 Å². The van der Waals surface area contributed by atoms with Gasteiger partial charge in [-0.05, 0) is 36.5 Å². The molecule has 1 aromatic rings. The quantitative estimate of drug-likeness (QED) is 0.900. The Labute approximate surface area is 134 Å². The molecular formula is C18H29N3O. The third kappa shape index (κ3) is 4.47. The molecule has 1 aliphatic heterocycles. The van der Waals surface area contributed by atoms with E-state index < -0.39 is 6.04 Å². The van der Waals surface area contributed by atoms with E-state index in [4.69, 9.17) is 5.73 Å². The molecule has 1 atom stereocenters. The minimum Gasteiger partial charge on any atom is -0.371 e. The Balaban J connectivity index is 2.06. The molecule has 3 N–H and O–H groups in total. The summed E-state index contributed by atoms with van der Waals surface area (Å²) in [5.41, 5.74) is 7.79. The van der Waals surface area contributed by atoms with Gasteiger partial charge in [-0.2, -0.15) is 0 Å². The molecule has 1 fully saturated rings. The summed E-state index contributed by atoms with van der Waals surface area (Å²) in [7, 11) is 0. The van der Waals surface area contributed by atoms with Gasteiger partial charge in [0.25, 0.3) is 0 Å². The van der Waals surface area contributed by atoms with Crippen LogP contribution in [0.3, 0.4) is 0 Å². The SMILES string of the molecule is CC(C)(C)[C@H](N)C(=O)Nc1cccc(N2CCCCCC2)c1. The van der Waals surface area contributed by atoms with Gasteiger partial charge in [0.05, 0.1) is 6.04 Å². The maximum Gasteiger partial charge on any atom is 0.241 e. The molecule has 0 saturated carbocycles. The molecule has 0 unspecified atom stereocenters. The second-order valence-electron chi connectivity index (χ2n) is 7.28. The third-order valence-corrected chi connectivity index (χ3v) is 4.30. The Bertz CT molecular complexity index is 499. The van der Waals surface area contributed by atoms with Gasteiger partial charge in [0.15, 0.2) is 0 Å². The average Bonchev–Trinajstić information content (AvgIpc) is 2.74. The number of rotatable bonds is 3. The van der Waals surface area contributed by atoms with Crippen LogP contribution in [-0.4, -0.2) is 25.0 Å². The van der Waals surface area contributed by atoms with Crippen molar-refractivity contribution in [2.45, 2.75) is 52.5 Å². The molecule has 1 heterocycles. The molecule has 1 amide bonds. The predicted octanol–water partition coefficient (Wildman–Crippen LogP) is 3.38. The fraction of sp³-hybridized carbons (Fsp3) is 0.611. The lowest BCUT2D eigenvalue weighted by atomic mass is 9.87. The van der Waals surface area contributed by atoms with E-state index in [1.807, 2.05) is 32.9 Å². The molecule has 1 aliphatic rings. The van der Waals surface area contributed by atoms with Crippen LogP contribution < -0.4 is 16.0 Å². The predicted molar refractivity (Wildman–Crippen MR) is 93.2 cm³/mol. The zero-order valence-electron chi connectivity index (χ0n) is 14.1. The second-order valence-corrected chi connectivity index (χ2v) is 7.28. The van der Waals surface area contributed by atoms with Crippen LogP contribution in [0.25, 0.3) is 0 Å². The molecule has 1 aromatic carbocycles. The van der Waals surface area contributed by atoms with Gasteiger partial charge < -0.3 is 16.0 Å². The topological polar surface area (TPSA) is 58.4 Å². The van der Waals surface area contributed by atoms with E-state index in [0.29, 0.717) is 0 Å². The second kappa shape index (κ2) is 7.14. The molecule has 2 rings (SSSR count). The normalized spacial score (nSPS) is 17.7. The summed E-state index contributed by atoms with van der Waals surface area (Å²) in [6, 6.07) is 7.57. The lowest BCUT2D eigenvalue weighted by molar-refractivity contribution is -0.119. The first-order valence-corrected chi connectivity index (χ1v) is 8.29. The van der Waals surface area contributed by atoms with Crippen LogP contribution in [0, 0.1) is 5.41 Å². The summed E-state index contributed by atoms with van der Waals surface area (Å²) in [5.74, 6) is -0.125. The van der Waals surface area contributed by atoms with E-state index in [-0.39, 0.29) is 11.3 Å². The molecular weight excluding hydrogens is 274 g/mol. The molecule has 0 aromatic heterocycles. The summed E-state index contributed by atoms with van der Waals surface area (Å²) in [5, 5.41) is 2.95. The summed E-state index contributed by atoms with van der Waals surface area (Å²) < 4.78 is 0. The van der Waals surface area contributed by atoms with E-state index >= 15 is 0 Å². The highest BCUT2D eigenvalue weighted by molar-refractivity contribution is 5.95. The monoisotopic (exact) mass is 303 g/mol. The number of amides is 1. The number of nitrogens with zero attached hydrogens (tertiary/aromatic N) is 1. The first kappa shape index (κ1) is 16.8. The van der Waals surface area contributed by atoms with Crippen LogP contribution in [-0.2, 0) is 4.79 Å². The van der Waals surface area contributed by atoms with Crippen molar-refractivity contribution in [2.75, 3.05) is 23.3 Å². The molecule has 0 bridgehead atoms. The molecule has 0 radical (unpaired) electrons. The lowest BCUT2D eigenvalue weighted by Crippen LogP contribution is -2.45. The zero-order valence-corrected chi connectivity index (χ0v) is 14.1.